The molecule has 0 aromatic heterocycles. The van der Waals surface area contributed by atoms with E-state index in [1.54, 1.807) is 18.2 Å². The first-order valence-electron chi connectivity index (χ1n) is 7.86. The van der Waals surface area contributed by atoms with Crippen molar-refractivity contribution >= 4 is 11.7 Å². The number of hydrogen-bond acceptors (Lipinski definition) is 4. The molecule has 4 nitrogen and oxygen atoms in total. The van der Waals surface area contributed by atoms with E-state index in [1.165, 1.54) is 6.42 Å². The van der Waals surface area contributed by atoms with E-state index < -0.39 is 0 Å². The first-order valence-corrected chi connectivity index (χ1v) is 7.86. The molecule has 21 heavy (non-hydrogen) atoms. The number of nitrogen functional groups attached to an aromatic ring is 1. The lowest BCUT2D eigenvalue weighted by Gasteiger charge is -2.27. The van der Waals surface area contributed by atoms with Crippen molar-refractivity contribution < 1.29 is 14.3 Å². The molecule has 0 spiro atoms. The molecule has 116 valence electrons. The van der Waals surface area contributed by atoms with Crippen LogP contribution in [0.5, 0.6) is 5.75 Å². The van der Waals surface area contributed by atoms with Crippen LogP contribution in [0.4, 0.5) is 5.69 Å². The highest BCUT2D eigenvalue weighted by Crippen LogP contribution is 2.29. The average Bonchev–Trinajstić information content (AvgIpc) is 2.48. The predicted molar refractivity (Wildman–Crippen MR) is 83.5 cm³/mol. The van der Waals surface area contributed by atoms with Crippen LogP contribution < -0.4 is 10.5 Å². The highest BCUT2D eigenvalue weighted by Gasteiger charge is 2.23. The number of esters is 1. The van der Waals surface area contributed by atoms with E-state index in [2.05, 4.69) is 6.92 Å². The quantitative estimate of drug-likeness (QED) is 0.662. The molecular weight excluding hydrogens is 266 g/mol. The van der Waals surface area contributed by atoms with Gasteiger partial charge in [-0.15, -0.1) is 0 Å². The zero-order chi connectivity index (χ0) is 15.2. The Hall–Kier alpha value is -1.71. The Labute approximate surface area is 126 Å². The number of anilines is 1. The molecule has 0 amide bonds. The molecule has 0 radical (unpaired) electrons. The van der Waals surface area contributed by atoms with Crippen LogP contribution >= 0.6 is 0 Å². The number of rotatable bonds is 5. The molecule has 2 N–H and O–H groups in total. The summed E-state index contributed by atoms with van der Waals surface area (Å²) in [5.74, 6) is 1.10. The maximum Gasteiger partial charge on any atom is 0.338 e. The van der Waals surface area contributed by atoms with Crippen LogP contribution in [-0.2, 0) is 4.74 Å². The van der Waals surface area contributed by atoms with E-state index in [-0.39, 0.29) is 12.1 Å². The fourth-order valence-corrected chi connectivity index (χ4v) is 2.87. The first kappa shape index (κ1) is 15.7. The van der Waals surface area contributed by atoms with E-state index in [1.807, 2.05) is 6.92 Å². The van der Waals surface area contributed by atoms with Gasteiger partial charge in [-0.05, 0) is 50.7 Å². The molecule has 1 saturated carbocycles. The Bertz CT molecular complexity index is 479. The van der Waals surface area contributed by atoms with Crippen LogP contribution in [0.2, 0.25) is 0 Å². The summed E-state index contributed by atoms with van der Waals surface area (Å²) in [6.45, 7) is 4.66. The summed E-state index contributed by atoms with van der Waals surface area (Å²) < 4.78 is 11.0. The molecular formula is C17H25NO3. The van der Waals surface area contributed by atoms with Gasteiger partial charge in [0.05, 0.1) is 12.2 Å². The van der Waals surface area contributed by atoms with Crippen molar-refractivity contribution in [2.75, 3.05) is 12.3 Å². The molecule has 0 saturated heterocycles. The van der Waals surface area contributed by atoms with Crippen molar-refractivity contribution in [3.8, 4) is 5.75 Å². The van der Waals surface area contributed by atoms with Crippen molar-refractivity contribution in [2.24, 2.45) is 5.92 Å². The van der Waals surface area contributed by atoms with Gasteiger partial charge in [-0.1, -0.05) is 13.3 Å². The van der Waals surface area contributed by atoms with E-state index in [0.717, 1.165) is 31.6 Å². The van der Waals surface area contributed by atoms with Gasteiger partial charge in [0, 0.05) is 11.8 Å². The summed E-state index contributed by atoms with van der Waals surface area (Å²) in [6, 6.07) is 5.05. The number of carbonyl (C=O) groups excluding carboxylic acids is 1. The second-order valence-electron chi connectivity index (χ2n) is 5.68. The monoisotopic (exact) mass is 291 g/mol. The van der Waals surface area contributed by atoms with Gasteiger partial charge in [0.15, 0.2) is 0 Å². The van der Waals surface area contributed by atoms with Gasteiger partial charge in [-0.25, -0.2) is 4.79 Å². The van der Waals surface area contributed by atoms with Crippen LogP contribution in [0, 0.1) is 5.92 Å². The fourth-order valence-electron chi connectivity index (χ4n) is 2.87. The maximum absolute atomic E-state index is 12.2. The zero-order valence-electron chi connectivity index (χ0n) is 12.9. The van der Waals surface area contributed by atoms with Crippen LogP contribution in [-0.4, -0.2) is 18.7 Å². The first-order chi connectivity index (χ1) is 10.1. The van der Waals surface area contributed by atoms with Gasteiger partial charge < -0.3 is 15.2 Å². The summed E-state index contributed by atoms with van der Waals surface area (Å²) in [5, 5.41) is 0. The topological polar surface area (TPSA) is 61.5 Å². The van der Waals surface area contributed by atoms with E-state index in [0.29, 0.717) is 23.6 Å². The van der Waals surface area contributed by atoms with Crippen molar-refractivity contribution in [1.29, 1.82) is 0 Å². The summed E-state index contributed by atoms with van der Waals surface area (Å²) in [7, 11) is 0. The molecule has 0 unspecified atom stereocenters. The molecule has 0 heterocycles. The highest BCUT2D eigenvalue weighted by molar-refractivity contribution is 5.91. The molecule has 2 rings (SSSR count). The molecule has 4 heteroatoms. The second kappa shape index (κ2) is 7.34. The lowest BCUT2D eigenvalue weighted by atomic mass is 9.86. The third kappa shape index (κ3) is 4.38. The SMILES string of the molecule is CCOc1cc(N)cc(C(=O)OC2CCC(CC)CC2)c1. The number of carbonyl (C=O) groups is 1. The average molecular weight is 291 g/mol. The standard InChI is InChI=1S/C17H25NO3/c1-3-12-5-7-15(8-6-12)21-17(19)13-9-14(18)11-16(10-13)20-4-2/h9-12,15H,3-8,18H2,1-2H3. The van der Waals surface area contributed by atoms with Gasteiger partial charge in [-0.3, -0.25) is 0 Å². The summed E-state index contributed by atoms with van der Waals surface area (Å²) in [5.41, 5.74) is 6.79. The van der Waals surface area contributed by atoms with E-state index in [4.69, 9.17) is 15.2 Å². The van der Waals surface area contributed by atoms with Crippen LogP contribution in [0.15, 0.2) is 18.2 Å². The van der Waals surface area contributed by atoms with Gasteiger partial charge in [0.1, 0.15) is 11.9 Å². The van der Waals surface area contributed by atoms with Crippen molar-refractivity contribution in [2.45, 2.75) is 52.1 Å². The van der Waals surface area contributed by atoms with Gasteiger partial charge in [-0.2, -0.15) is 0 Å². The normalized spacial score (nSPS) is 21.8. The number of ether oxygens (including phenoxy) is 2. The minimum absolute atomic E-state index is 0.0391. The summed E-state index contributed by atoms with van der Waals surface area (Å²) >= 11 is 0. The van der Waals surface area contributed by atoms with Crippen molar-refractivity contribution in [3.63, 3.8) is 0 Å². The van der Waals surface area contributed by atoms with Crippen molar-refractivity contribution in [1.82, 2.24) is 0 Å². The fraction of sp³-hybridized carbons (Fsp3) is 0.588. The number of hydrogen-bond donors (Lipinski definition) is 1. The Morgan fingerprint density at radius 1 is 1.19 bits per heavy atom. The molecule has 1 aromatic rings. The number of nitrogens with two attached hydrogens (primary N) is 1. The molecule has 1 aliphatic rings. The lowest BCUT2D eigenvalue weighted by molar-refractivity contribution is 0.0164. The Morgan fingerprint density at radius 3 is 2.52 bits per heavy atom. The smallest absolute Gasteiger partial charge is 0.338 e. The lowest BCUT2D eigenvalue weighted by Crippen LogP contribution is -2.24. The number of benzene rings is 1. The van der Waals surface area contributed by atoms with Gasteiger partial charge >= 0.3 is 5.97 Å². The highest BCUT2D eigenvalue weighted by atomic mass is 16.5. The molecule has 0 atom stereocenters. The Balaban J connectivity index is 1.97. The molecule has 1 aromatic carbocycles. The van der Waals surface area contributed by atoms with E-state index >= 15 is 0 Å². The van der Waals surface area contributed by atoms with E-state index in [9.17, 15) is 4.79 Å². The van der Waals surface area contributed by atoms with Gasteiger partial charge in [0.2, 0.25) is 0 Å². The third-order valence-electron chi connectivity index (χ3n) is 4.12. The maximum atomic E-state index is 12.2. The van der Waals surface area contributed by atoms with Crippen molar-refractivity contribution in [3.05, 3.63) is 23.8 Å². The summed E-state index contributed by atoms with van der Waals surface area (Å²) in [6.07, 6.45) is 5.48. The molecule has 0 bridgehead atoms. The minimum Gasteiger partial charge on any atom is -0.494 e. The minimum atomic E-state index is -0.303. The molecule has 1 aliphatic carbocycles. The Morgan fingerprint density at radius 2 is 1.90 bits per heavy atom. The zero-order valence-corrected chi connectivity index (χ0v) is 12.9. The third-order valence-corrected chi connectivity index (χ3v) is 4.12. The molecule has 1 fully saturated rings. The predicted octanol–water partition coefficient (Wildman–Crippen LogP) is 3.79. The van der Waals surface area contributed by atoms with Crippen LogP contribution in [0.1, 0.15) is 56.3 Å². The second-order valence-corrected chi connectivity index (χ2v) is 5.68. The van der Waals surface area contributed by atoms with Gasteiger partial charge in [0.25, 0.3) is 0 Å². The van der Waals surface area contributed by atoms with Crippen LogP contribution in [0.3, 0.4) is 0 Å². The van der Waals surface area contributed by atoms with Crippen LogP contribution in [0.25, 0.3) is 0 Å². The summed E-state index contributed by atoms with van der Waals surface area (Å²) in [4.78, 5) is 12.2. The Kier molecular flexibility index (Phi) is 5.48. The molecule has 0 aliphatic heterocycles. The largest absolute Gasteiger partial charge is 0.494 e.